The van der Waals surface area contributed by atoms with E-state index in [1.165, 1.54) is 0 Å². The smallest absolute Gasteiger partial charge is 0.171 e. The molecule has 96 valence electrons. The lowest BCUT2D eigenvalue weighted by Gasteiger charge is -2.08. The summed E-state index contributed by atoms with van der Waals surface area (Å²) in [5.41, 5.74) is 8.46. The third-order valence-electron chi connectivity index (χ3n) is 2.89. The first-order valence-electron chi connectivity index (χ1n) is 5.88. The maximum absolute atomic E-state index is 5.81. The van der Waals surface area contributed by atoms with Crippen LogP contribution >= 0.6 is 0 Å². The van der Waals surface area contributed by atoms with Gasteiger partial charge in [0.1, 0.15) is 11.4 Å². The Kier molecular flexibility index (Phi) is 3.34. The summed E-state index contributed by atoms with van der Waals surface area (Å²) < 4.78 is 7.61. The van der Waals surface area contributed by atoms with Crippen LogP contribution in [0.25, 0.3) is 0 Å². The molecule has 0 saturated heterocycles. The maximum Gasteiger partial charge on any atom is 0.171 e. The highest BCUT2D eigenvalue weighted by Gasteiger charge is 2.12. The molecule has 1 unspecified atom stereocenters. The highest BCUT2D eigenvalue weighted by Crippen LogP contribution is 2.27. The summed E-state index contributed by atoms with van der Waals surface area (Å²) in [6.07, 6.45) is 1.69. The normalized spacial score (nSPS) is 12.5. The number of nitrogens with zero attached hydrogens (tertiary/aromatic N) is 3. The molecule has 0 amide bonds. The Hall–Kier alpha value is -1.88. The zero-order valence-corrected chi connectivity index (χ0v) is 11.1. The molecule has 0 saturated carbocycles. The van der Waals surface area contributed by atoms with Crippen molar-refractivity contribution in [1.82, 2.24) is 14.8 Å². The van der Waals surface area contributed by atoms with E-state index < -0.39 is 0 Å². The molecular formula is C13H18N4O. The standard InChI is InChI=1S/C13H18N4O/c1-8(14)12-6-5-11(7-15-12)18-13-9(2)16-17(4)10(13)3/h5-8H,14H2,1-4H3. The third kappa shape index (κ3) is 2.36. The Morgan fingerprint density at radius 2 is 2.06 bits per heavy atom. The van der Waals surface area contributed by atoms with Gasteiger partial charge < -0.3 is 10.5 Å². The minimum Gasteiger partial charge on any atom is -0.452 e. The molecule has 0 fully saturated rings. The first-order chi connectivity index (χ1) is 8.49. The summed E-state index contributed by atoms with van der Waals surface area (Å²) in [5.74, 6) is 1.48. The van der Waals surface area contributed by atoms with Crippen molar-refractivity contribution in [2.75, 3.05) is 0 Å². The summed E-state index contributed by atoms with van der Waals surface area (Å²) in [6.45, 7) is 5.80. The molecule has 0 aromatic carbocycles. The Labute approximate surface area is 107 Å². The number of nitrogens with two attached hydrogens (primary N) is 1. The number of rotatable bonds is 3. The van der Waals surface area contributed by atoms with Gasteiger partial charge >= 0.3 is 0 Å². The lowest BCUT2D eigenvalue weighted by Crippen LogP contribution is -2.06. The molecule has 5 heteroatoms. The molecule has 2 aromatic rings. The summed E-state index contributed by atoms with van der Waals surface area (Å²) in [7, 11) is 1.90. The molecule has 0 aliphatic rings. The first kappa shape index (κ1) is 12.6. The number of hydrogen-bond acceptors (Lipinski definition) is 4. The molecule has 5 nitrogen and oxygen atoms in total. The largest absolute Gasteiger partial charge is 0.452 e. The van der Waals surface area contributed by atoms with Crippen molar-refractivity contribution in [2.24, 2.45) is 12.8 Å². The zero-order chi connectivity index (χ0) is 13.3. The van der Waals surface area contributed by atoms with Gasteiger partial charge in [-0.3, -0.25) is 9.67 Å². The second kappa shape index (κ2) is 4.78. The molecule has 2 heterocycles. The van der Waals surface area contributed by atoms with Crippen molar-refractivity contribution in [1.29, 1.82) is 0 Å². The third-order valence-corrected chi connectivity index (χ3v) is 2.89. The van der Waals surface area contributed by atoms with E-state index in [4.69, 9.17) is 10.5 Å². The minimum absolute atomic E-state index is 0.0686. The number of ether oxygens (including phenoxy) is 1. The average Bonchev–Trinajstić information content (AvgIpc) is 2.57. The molecule has 2 rings (SSSR count). The molecule has 0 radical (unpaired) electrons. The lowest BCUT2D eigenvalue weighted by atomic mass is 10.2. The molecule has 18 heavy (non-hydrogen) atoms. The first-order valence-corrected chi connectivity index (χ1v) is 5.88. The molecule has 2 aromatic heterocycles. The fourth-order valence-electron chi connectivity index (χ4n) is 1.74. The Balaban J connectivity index is 2.23. The van der Waals surface area contributed by atoms with Crippen LogP contribution < -0.4 is 10.5 Å². The van der Waals surface area contributed by atoms with Crippen molar-refractivity contribution in [3.05, 3.63) is 35.4 Å². The zero-order valence-electron chi connectivity index (χ0n) is 11.1. The molecule has 2 N–H and O–H groups in total. The van der Waals surface area contributed by atoms with E-state index in [-0.39, 0.29) is 6.04 Å². The second-order valence-electron chi connectivity index (χ2n) is 4.43. The van der Waals surface area contributed by atoms with Gasteiger partial charge in [-0.2, -0.15) is 5.10 Å². The minimum atomic E-state index is -0.0686. The monoisotopic (exact) mass is 246 g/mol. The van der Waals surface area contributed by atoms with Crippen LogP contribution in [0.3, 0.4) is 0 Å². The molecule has 0 bridgehead atoms. The predicted molar refractivity (Wildman–Crippen MR) is 69.6 cm³/mol. The van der Waals surface area contributed by atoms with Crippen LogP contribution in [0.2, 0.25) is 0 Å². The number of aryl methyl sites for hydroxylation is 2. The highest BCUT2D eigenvalue weighted by molar-refractivity contribution is 5.36. The van der Waals surface area contributed by atoms with E-state index in [0.29, 0.717) is 5.75 Å². The van der Waals surface area contributed by atoms with Crippen molar-refractivity contribution >= 4 is 0 Å². The topological polar surface area (TPSA) is 66.0 Å². The fourth-order valence-corrected chi connectivity index (χ4v) is 1.74. The van der Waals surface area contributed by atoms with Crippen LogP contribution in [-0.4, -0.2) is 14.8 Å². The molecule has 0 aliphatic carbocycles. The van der Waals surface area contributed by atoms with Gasteiger partial charge in [-0.15, -0.1) is 0 Å². The van der Waals surface area contributed by atoms with Crippen LogP contribution in [0, 0.1) is 13.8 Å². The Morgan fingerprint density at radius 1 is 1.33 bits per heavy atom. The van der Waals surface area contributed by atoms with Crippen LogP contribution in [0.5, 0.6) is 11.5 Å². The van der Waals surface area contributed by atoms with Crippen molar-refractivity contribution in [3.8, 4) is 11.5 Å². The van der Waals surface area contributed by atoms with Crippen LogP contribution in [0.15, 0.2) is 18.3 Å². The number of hydrogen-bond donors (Lipinski definition) is 1. The Morgan fingerprint density at radius 3 is 2.50 bits per heavy atom. The molecule has 0 aliphatic heterocycles. The van der Waals surface area contributed by atoms with Gasteiger partial charge in [-0.1, -0.05) is 0 Å². The number of pyridine rings is 1. The van der Waals surface area contributed by atoms with Gasteiger partial charge in [0.25, 0.3) is 0 Å². The molecular weight excluding hydrogens is 228 g/mol. The summed E-state index contributed by atoms with van der Waals surface area (Å²) in [5, 5.41) is 4.30. The summed E-state index contributed by atoms with van der Waals surface area (Å²) in [4.78, 5) is 4.26. The van der Waals surface area contributed by atoms with Gasteiger partial charge in [0.05, 0.1) is 17.6 Å². The predicted octanol–water partition coefficient (Wildman–Crippen LogP) is 2.24. The lowest BCUT2D eigenvalue weighted by molar-refractivity contribution is 0.471. The van der Waals surface area contributed by atoms with E-state index in [9.17, 15) is 0 Å². The van der Waals surface area contributed by atoms with E-state index in [1.807, 2.05) is 40.0 Å². The number of aromatic nitrogens is 3. The highest BCUT2D eigenvalue weighted by atomic mass is 16.5. The van der Waals surface area contributed by atoms with Crippen LogP contribution in [0.4, 0.5) is 0 Å². The quantitative estimate of drug-likeness (QED) is 0.902. The maximum atomic E-state index is 5.81. The van der Waals surface area contributed by atoms with E-state index in [1.54, 1.807) is 10.9 Å². The second-order valence-corrected chi connectivity index (χ2v) is 4.43. The van der Waals surface area contributed by atoms with Gasteiger partial charge in [0.15, 0.2) is 5.75 Å². The van der Waals surface area contributed by atoms with Crippen molar-refractivity contribution < 1.29 is 4.74 Å². The molecule has 0 spiro atoms. The van der Waals surface area contributed by atoms with Crippen molar-refractivity contribution in [2.45, 2.75) is 26.8 Å². The fraction of sp³-hybridized carbons (Fsp3) is 0.385. The van der Waals surface area contributed by atoms with E-state index >= 15 is 0 Å². The van der Waals surface area contributed by atoms with Gasteiger partial charge in [0, 0.05) is 13.1 Å². The Bertz CT molecular complexity index is 543. The average molecular weight is 246 g/mol. The van der Waals surface area contributed by atoms with Crippen molar-refractivity contribution in [3.63, 3.8) is 0 Å². The molecule has 1 atom stereocenters. The van der Waals surface area contributed by atoms with Gasteiger partial charge in [0.2, 0.25) is 0 Å². The SMILES string of the molecule is Cc1nn(C)c(C)c1Oc1ccc(C(C)N)nc1. The van der Waals surface area contributed by atoms with E-state index in [0.717, 1.165) is 22.8 Å². The van der Waals surface area contributed by atoms with E-state index in [2.05, 4.69) is 10.1 Å². The van der Waals surface area contributed by atoms with Crippen LogP contribution in [0.1, 0.15) is 30.0 Å². The summed E-state index contributed by atoms with van der Waals surface area (Å²) >= 11 is 0. The van der Waals surface area contributed by atoms with Crippen LogP contribution in [-0.2, 0) is 7.05 Å². The van der Waals surface area contributed by atoms with Gasteiger partial charge in [-0.25, -0.2) is 0 Å². The summed E-state index contributed by atoms with van der Waals surface area (Å²) in [6, 6.07) is 3.68. The van der Waals surface area contributed by atoms with Gasteiger partial charge in [-0.05, 0) is 32.9 Å².